The molecule has 2 aliphatic rings. The number of nitrogens with zero attached hydrogens (tertiary/aromatic N) is 4. The fraction of sp³-hybridized carbons (Fsp3) is 0.750. The van der Waals surface area contributed by atoms with E-state index in [0.29, 0.717) is 0 Å². The summed E-state index contributed by atoms with van der Waals surface area (Å²) < 4.78 is 0. The van der Waals surface area contributed by atoms with E-state index in [0.717, 1.165) is 49.9 Å². The normalized spacial score (nSPS) is 26.0. The Hall–Kier alpha value is -1.36. The zero-order valence-corrected chi connectivity index (χ0v) is 13.1. The maximum Gasteiger partial charge on any atom is 0.171 e. The van der Waals surface area contributed by atoms with Crippen molar-refractivity contribution in [2.75, 3.05) is 43.6 Å². The van der Waals surface area contributed by atoms with Crippen molar-refractivity contribution in [3.8, 4) is 0 Å². The summed E-state index contributed by atoms with van der Waals surface area (Å²) in [6.45, 7) is 2.20. The number of aliphatic hydroxyl groups excluding tert-OH is 1. The molecule has 1 aromatic heterocycles. The first-order valence-electron chi connectivity index (χ1n) is 7.98. The summed E-state index contributed by atoms with van der Waals surface area (Å²) in [5.41, 5.74) is 0.0561. The second kappa shape index (κ2) is 5.79. The number of rotatable bonds is 5. The molecule has 0 amide bonds. The average Bonchev–Trinajstić information content (AvgIpc) is 3.31. The molecule has 2 heterocycles. The van der Waals surface area contributed by atoms with E-state index in [1.807, 2.05) is 19.0 Å². The Morgan fingerprint density at radius 2 is 2.10 bits per heavy atom. The monoisotopic (exact) mass is 290 g/mol. The van der Waals surface area contributed by atoms with Gasteiger partial charge >= 0.3 is 0 Å². The molecule has 0 radical (unpaired) electrons. The lowest BCUT2D eigenvalue weighted by Crippen LogP contribution is -2.46. The zero-order chi connectivity index (χ0) is 14.9. The van der Waals surface area contributed by atoms with Crippen LogP contribution in [0.1, 0.15) is 32.1 Å². The standard InChI is InChI=1S/C16H26N4O/c1-19(2)14-15(18-8-7-17-14)20-9-3-6-16(11-20,12-21)10-13-4-5-13/h7-8,13,21H,3-6,9-12H2,1-2H3. The van der Waals surface area contributed by atoms with Crippen molar-refractivity contribution in [2.24, 2.45) is 11.3 Å². The Kier molecular flexibility index (Phi) is 4.02. The number of aliphatic hydroxyl groups is 1. The molecule has 1 aliphatic heterocycles. The quantitative estimate of drug-likeness (QED) is 0.898. The van der Waals surface area contributed by atoms with Crippen LogP contribution in [-0.2, 0) is 0 Å². The SMILES string of the molecule is CN(C)c1nccnc1N1CCCC(CO)(CC2CC2)C1. The Labute approximate surface area is 127 Å². The lowest BCUT2D eigenvalue weighted by molar-refractivity contribution is 0.0901. The van der Waals surface area contributed by atoms with E-state index in [9.17, 15) is 5.11 Å². The predicted molar refractivity (Wildman–Crippen MR) is 84.7 cm³/mol. The summed E-state index contributed by atoms with van der Waals surface area (Å²) >= 11 is 0. The van der Waals surface area contributed by atoms with Crippen LogP contribution in [0.15, 0.2) is 12.4 Å². The first kappa shape index (κ1) is 14.6. The molecule has 0 spiro atoms. The Morgan fingerprint density at radius 1 is 1.33 bits per heavy atom. The van der Waals surface area contributed by atoms with Gasteiger partial charge in [-0.15, -0.1) is 0 Å². The lowest BCUT2D eigenvalue weighted by atomic mass is 9.76. The molecule has 1 saturated heterocycles. The van der Waals surface area contributed by atoms with Crippen molar-refractivity contribution in [3.63, 3.8) is 0 Å². The number of aromatic nitrogens is 2. The molecule has 21 heavy (non-hydrogen) atoms. The molecule has 116 valence electrons. The highest BCUT2D eigenvalue weighted by Gasteiger charge is 2.40. The number of piperidine rings is 1. The largest absolute Gasteiger partial charge is 0.396 e. The first-order chi connectivity index (χ1) is 10.1. The number of hydrogen-bond donors (Lipinski definition) is 1. The van der Waals surface area contributed by atoms with Crippen LogP contribution in [0, 0.1) is 11.3 Å². The summed E-state index contributed by atoms with van der Waals surface area (Å²) in [5.74, 6) is 2.71. The van der Waals surface area contributed by atoms with E-state index in [1.54, 1.807) is 12.4 Å². The van der Waals surface area contributed by atoms with Crippen LogP contribution in [0.4, 0.5) is 11.6 Å². The van der Waals surface area contributed by atoms with E-state index in [1.165, 1.54) is 12.8 Å². The van der Waals surface area contributed by atoms with Crippen molar-refractivity contribution < 1.29 is 5.11 Å². The molecule has 1 aliphatic carbocycles. The molecule has 1 saturated carbocycles. The zero-order valence-electron chi connectivity index (χ0n) is 13.1. The van der Waals surface area contributed by atoms with Crippen LogP contribution in [-0.4, -0.2) is 48.9 Å². The second-order valence-electron chi connectivity index (χ2n) is 6.93. The minimum Gasteiger partial charge on any atom is -0.396 e. The second-order valence-corrected chi connectivity index (χ2v) is 6.93. The number of anilines is 2. The molecule has 1 unspecified atom stereocenters. The molecule has 1 N–H and O–H groups in total. The van der Waals surface area contributed by atoms with Gasteiger partial charge in [0.1, 0.15) is 0 Å². The molecule has 3 rings (SSSR count). The highest BCUT2D eigenvalue weighted by atomic mass is 16.3. The minimum absolute atomic E-state index is 0.0561. The van der Waals surface area contributed by atoms with Crippen LogP contribution in [0.5, 0.6) is 0 Å². The third-order valence-electron chi connectivity index (χ3n) is 4.80. The molecule has 1 aromatic rings. The Morgan fingerprint density at radius 3 is 2.76 bits per heavy atom. The summed E-state index contributed by atoms with van der Waals surface area (Å²) in [6.07, 6.45) is 9.61. The summed E-state index contributed by atoms with van der Waals surface area (Å²) in [5, 5.41) is 9.99. The topological polar surface area (TPSA) is 52.5 Å². The van der Waals surface area contributed by atoms with Crippen LogP contribution < -0.4 is 9.80 Å². The van der Waals surface area contributed by atoms with E-state index in [2.05, 4.69) is 14.9 Å². The van der Waals surface area contributed by atoms with Crippen LogP contribution in [0.25, 0.3) is 0 Å². The van der Waals surface area contributed by atoms with Crippen LogP contribution in [0.2, 0.25) is 0 Å². The van der Waals surface area contributed by atoms with E-state index < -0.39 is 0 Å². The van der Waals surface area contributed by atoms with Gasteiger partial charge in [-0.3, -0.25) is 0 Å². The van der Waals surface area contributed by atoms with Gasteiger partial charge in [-0.2, -0.15) is 0 Å². The Balaban J connectivity index is 1.82. The van der Waals surface area contributed by atoms with Gasteiger partial charge in [-0.25, -0.2) is 9.97 Å². The maximum atomic E-state index is 9.99. The van der Waals surface area contributed by atoms with Crippen molar-refractivity contribution >= 4 is 11.6 Å². The molecule has 5 heteroatoms. The van der Waals surface area contributed by atoms with Gasteiger partial charge in [0.15, 0.2) is 11.6 Å². The molecule has 1 atom stereocenters. The predicted octanol–water partition coefficient (Wildman–Crippen LogP) is 1.92. The van der Waals surface area contributed by atoms with E-state index in [4.69, 9.17) is 0 Å². The van der Waals surface area contributed by atoms with Gasteiger partial charge in [-0.05, 0) is 25.2 Å². The van der Waals surface area contributed by atoms with E-state index >= 15 is 0 Å². The van der Waals surface area contributed by atoms with E-state index in [-0.39, 0.29) is 12.0 Å². The van der Waals surface area contributed by atoms with Crippen molar-refractivity contribution in [1.29, 1.82) is 0 Å². The van der Waals surface area contributed by atoms with Gasteiger partial charge in [0, 0.05) is 45.0 Å². The van der Waals surface area contributed by atoms with Crippen molar-refractivity contribution in [1.82, 2.24) is 9.97 Å². The number of hydrogen-bond acceptors (Lipinski definition) is 5. The smallest absolute Gasteiger partial charge is 0.171 e. The van der Waals surface area contributed by atoms with Crippen LogP contribution >= 0.6 is 0 Å². The molecule has 2 fully saturated rings. The molecule has 0 bridgehead atoms. The summed E-state index contributed by atoms with van der Waals surface area (Å²) in [6, 6.07) is 0. The highest BCUT2D eigenvalue weighted by Crippen LogP contribution is 2.45. The summed E-state index contributed by atoms with van der Waals surface area (Å²) in [4.78, 5) is 13.4. The molecule has 5 nitrogen and oxygen atoms in total. The first-order valence-corrected chi connectivity index (χ1v) is 7.98. The van der Waals surface area contributed by atoms with Gasteiger partial charge in [-0.1, -0.05) is 12.8 Å². The maximum absolute atomic E-state index is 9.99. The van der Waals surface area contributed by atoms with Gasteiger partial charge < -0.3 is 14.9 Å². The van der Waals surface area contributed by atoms with Crippen molar-refractivity contribution in [3.05, 3.63) is 12.4 Å². The Bertz CT molecular complexity index is 489. The lowest BCUT2D eigenvalue weighted by Gasteiger charge is -2.43. The highest BCUT2D eigenvalue weighted by molar-refractivity contribution is 5.61. The fourth-order valence-corrected chi connectivity index (χ4v) is 3.55. The molecular formula is C16H26N4O. The minimum atomic E-state index is 0.0561. The third-order valence-corrected chi connectivity index (χ3v) is 4.80. The molecular weight excluding hydrogens is 264 g/mol. The molecule has 0 aromatic carbocycles. The summed E-state index contributed by atoms with van der Waals surface area (Å²) in [7, 11) is 4.00. The van der Waals surface area contributed by atoms with Gasteiger partial charge in [0.25, 0.3) is 0 Å². The average molecular weight is 290 g/mol. The van der Waals surface area contributed by atoms with Gasteiger partial charge in [0.2, 0.25) is 0 Å². The fourth-order valence-electron chi connectivity index (χ4n) is 3.55. The van der Waals surface area contributed by atoms with Gasteiger partial charge in [0.05, 0.1) is 6.61 Å². The van der Waals surface area contributed by atoms with Crippen molar-refractivity contribution in [2.45, 2.75) is 32.1 Å². The van der Waals surface area contributed by atoms with Crippen LogP contribution in [0.3, 0.4) is 0 Å². The third kappa shape index (κ3) is 3.12.